The minimum absolute atomic E-state index is 0.148. The fraction of sp³-hybridized carbons (Fsp3) is 0.389. The van der Waals surface area contributed by atoms with Gasteiger partial charge >= 0.3 is 6.03 Å². The lowest BCUT2D eigenvalue weighted by molar-refractivity contribution is -0.114. The summed E-state index contributed by atoms with van der Waals surface area (Å²) < 4.78 is 0. The second-order valence-electron chi connectivity index (χ2n) is 6.21. The fourth-order valence-electron chi connectivity index (χ4n) is 3.16. The Morgan fingerprint density at radius 1 is 1.20 bits per heavy atom. The maximum atomic E-state index is 12.9. The number of nitrogens with zero attached hydrogens (tertiary/aromatic N) is 2. The maximum Gasteiger partial charge on any atom is 0.322 e. The second kappa shape index (κ2) is 7.94. The topological polar surface area (TPSA) is 99.8 Å². The summed E-state index contributed by atoms with van der Waals surface area (Å²) in [6.07, 6.45) is 5.55. The molecule has 0 bridgehead atoms. The monoisotopic (exact) mass is 341 g/mol. The van der Waals surface area contributed by atoms with Crippen LogP contribution in [-0.2, 0) is 4.79 Å². The molecular formula is C18H23N5O2. The molecule has 2 heterocycles. The summed E-state index contributed by atoms with van der Waals surface area (Å²) in [5.74, 6) is -0.554. The number of urea groups is 1. The Balaban J connectivity index is 1.72. The number of amides is 3. The fourth-order valence-corrected chi connectivity index (χ4v) is 3.16. The molecule has 0 spiro atoms. The highest BCUT2D eigenvalue weighted by Crippen LogP contribution is 2.22. The van der Waals surface area contributed by atoms with Crippen LogP contribution in [0, 0.1) is 0 Å². The first kappa shape index (κ1) is 17.2. The number of primary amides is 1. The Morgan fingerprint density at radius 3 is 2.52 bits per heavy atom. The van der Waals surface area contributed by atoms with E-state index in [9.17, 15) is 9.59 Å². The van der Waals surface area contributed by atoms with Crippen molar-refractivity contribution in [2.24, 2.45) is 10.7 Å². The molecule has 1 saturated heterocycles. The Morgan fingerprint density at radius 2 is 1.92 bits per heavy atom. The smallest absolute Gasteiger partial charge is 0.322 e. The predicted molar refractivity (Wildman–Crippen MR) is 97.5 cm³/mol. The lowest BCUT2D eigenvalue weighted by Gasteiger charge is -2.35. The van der Waals surface area contributed by atoms with Gasteiger partial charge in [-0.25, -0.2) is 4.79 Å². The van der Waals surface area contributed by atoms with E-state index in [4.69, 9.17) is 5.73 Å². The molecule has 1 aromatic carbocycles. The van der Waals surface area contributed by atoms with E-state index in [1.165, 1.54) is 0 Å². The molecule has 7 nitrogen and oxygen atoms in total. The first-order chi connectivity index (χ1) is 12.1. The number of rotatable bonds is 4. The number of carbonyl (C=O) groups is 2. The molecule has 132 valence electrons. The molecular weight excluding hydrogens is 318 g/mol. The van der Waals surface area contributed by atoms with Gasteiger partial charge in [0.05, 0.1) is 6.04 Å². The van der Waals surface area contributed by atoms with Gasteiger partial charge in [0.1, 0.15) is 5.70 Å². The molecule has 25 heavy (non-hydrogen) atoms. The molecule has 1 unspecified atom stereocenters. The van der Waals surface area contributed by atoms with E-state index < -0.39 is 5.91 Å². The average molecular weight is 341 g/mol. The molecule has 7 heteroatoms. The standard InChI is InChI=1S/C18H23N5O2/c19-17(24)16-7-6-13(12-21-16)22-18(25)23(14-4-2-1-3-5-14)15-8-10-20-11-9-15/h1-5,7,12-13,15,20H,6,8-11H2,(H2,19,24)(H,22,25). The van der Waals surface area contributed by atoms with Gasteiger partial charge in [-0.05, 0) is 44.5 Å². The lowest BCUT2D eigenvalue weighted by Crippen LogP contribution is -2.53. The Kier molecular flexibility index (Phi) is 5.45. The van der Waals surface area contributed by atoms with E-state index in [-0.39, 0.29) is 23.8 Å². The van der Waals surface area contributed by atoms with Crippen LogP contribution < -0.4 is 21.3 Å². The molecule has 0 aliphatic carbocycles. The highest BCUT2D eigenvalue weighted by atomic mass is 16.2. The zero-order valence-corrected chi connectivity index (χ0v) is 14.0. The number of nitrogens with one attached hydrogen (secondary N) is 2. The molecule has 2 aliphatic heterocycles. The molecule has 1 fully saturated rings. The van der Waals surface area contributed by atoms with Gasteiger partial charge in [-0.2, -0.15) is 0 Å². The van der Waals surface area contributed by atoms with Gasteiger partial charge in [-0.1, -0.05) is 24.3 Å². The molecule has 1 aromatic rings. The van der Waals surface area contributed by atoms with E-state index in [1.807, 2.05) is 35.2 Å². The number of hydrogen-bond acceptors (Lipinski definition) is 4. The number of nitrogens with two attached hydrogens (primary N) is 1. The van der Waals surface area contributed by atoms with Gasteiger partial charge in [-0.3, -0.25) is 14.7 Å². The van der Waals surface area contributed by atoms with Crippen molar-refractivity contribution in [2.45, 2.75) is 31.3 Å². The Hall–Kier alpha value is -2.67. The van der Waals surface area contributed by atoms with Gasteiger partial charge in [0.2, 0.25) is 0 Å². The Bertz CT molecular complexity index is 680. The zero-order valence-electron chi connectivity index (χ0n) is 14.0. The minimum atomic E-state index is -0.554. The molecule has 3 amide bonds. The first-order valence-electron chi connectivity index (χ1n) is 8.55. The van der Waals surface area contributed by atoms with Crippen LogP contribution in [-0.4, -0.2) is 43.3 Å². The number of anilines is 1. The van der Waals surface area contributed by atoms with E-state index in [0.717, 1.165) is 31.6 Å². The van der Waals surface area contributed by atoms with Crippen molar-refractivity contribution in [3.63, 3.8) is 0 Å². The number of para-hydroxylation sites is 1. The van der Waals surface area contributed by atoms with Crippen molar-refractivity contribution in [1.29, 1.82) is 0 Å². The van der Waals surface area contributed by atoms with Crippen LogP contribution in [0.3, 0.4) is 0 Å². The number of benzene rings is 1. The Labute approximate surface area is 147 Å². The number of hydrogen-bond donors (Lipinski definition) is 3. The molecule has 0 saturated carbocycles. The van der Waals surface area contributed by atoms with Crippen molar-refractivity contribution in [3.8, 4) is 0 Å². The second-order valence-corrected chi connectivity index (χ2v) is 6.21. The average Bonchev–Trinajstić information content (AvgIpc) is 2.64. The van der Waals surface area contributed by atoms with Crippen molar-refractivity contribution in [2.75, 3.05) is 18.0 Å². The lowest BCUT2D eigenvalue weighted by atomic mass is 10.0. The molecule has 0 aromatic heterocycles. The van der Waals surface area contributed by atoms with Crippen molar-refractivity contribution >= 4 is 23.8 Å². The summed E-state index contributed by atoms with van der Waals surface area (Å²) in [7, 11) is 0. The van der Waals surface area contributed by atoms with Gasteiger partial charge in [0.15, 0.2) is 0 Å². The van der Waals surface area contributed by atoms with Crippen LogP contribution in [0.1, 0.15) is 19.3 Å². The van der Waals surface area contributed by atoms with Crippen LogP contribution in [0.15, 0.2) is 47.1 Å². The third-order valence-electron chi connectivity index (χ3n) is 4.45. The van der Waals surface area contributed by atoms with Crippen LogP contribution in [0.2, 0.25) is 0 Å². The molecule has 3 rings (SSSR count). The largest absolute Gasteiger partial charge is 0.364 e. The summed E-state index contributed by atoms with van der Waals surface area (Å²) in [6.45, 7) is 1.80. The first-order valence-corrected chi connectivity index (χ1v) is 8.55. The number of aliphatic imine (C=N–C) groups is 1. The molecule has 1 atom stereocenters. The maximum absolute atomic E-state index is 12.9. The van der Waals surface area contributed by atoms with E-state index in [0.29, 0.717) is 6.42 Å². The van der Waals surface area contributed by atoms with E-state index in [2.05, 4.69) is 15.6 Å². The molecule has 4 N–H and O–H groups in total. The van der Waals surface area contributed by atoms with E-state index in [1.54, 1.807) is 12.3 Å². The third kappa shape index (κ3) is 4.24. The summed E-state index contributed by atoms with van der Waals surface area (Å²) in [4.78, 5) is 29.9. The predicted octanol–water partition coefficient (Wildman–Crippen LogP) is 1.17. The van der Waals surface area contributed by atoms with Gasteiger partial charge in [0.25, 0.3) is 5.91 Å². The third-order valence-corrected chi connectivity index (χ3v) is 4.45. The molecule has 2 aliphatic rings. The van der Waals surface area contributed by atoms with Gasteiger partial charge < -0.3 is 16.4 Å². The quantitative estimate of drug-likeness (QED) is 0.766. The normalized spacial score (nSPS) is 20.6. The van der Waals surface area contributed by atoms with Crippen molar-refractivity contribution in [1.82, 2.24) is 10.6 Å². The summed E-state index contributed by atoms with van der Waals surface area (Å²) in [5, 5.41) is 6.32. The number of piperidine rings is 1. The van der Waals surface area contributed by atoms with Gasteiger partial charge in [0, 0.05) is 17.9 Å². The van der Waals surface area contributed by atoms with Crippen LogP contribution in [0.4, 0.5) is 10.5 Å². The van der Waals surface area contributed by atoms with Crippen LogP contribution in [0.5, 0.6) is 0 Å². The summed E-state index contributed by atoms with van der Waals surface area (Å²) in [5.41, 5.74) is 6.34. The SMILES string of the molecule is NC(=O)C1=CCC(NC(=O)N(c2ccccc2)C2CCNCC2)C=N1. The van der Waals surface area contributed by atoms with Crippen molar-refractivity contribution < 1.29 is 9.59 Å². The highest BCUT2D eigenvalue weighted by molar-refractivity contribution is 5.97. The summed E-state index contributed by atoms with van der Waals surface area (Å²) >= 11 is 0. The summed E-state index contributed by atoms with van der Waals surface area (Å²) in [6, 6.07) is 9.45. The zero-order chi connectivity index (χ0) is 17.6. The van der Waals surface area contributed by atoms with Crippen LogP contribution >= 0.6 is 0 Å². The van der Waals surface area contributed by atoms with Crippen molar-refractivity contribution in [3.05, 3.63) is 42.1 Å². The van der Waals surface area contributed by atoms with E-state index >= 15 is 0 Å². The minimum Gasteiger partial charge on any atom is -0.364 e. The number of carbonyl (C=O) groups excluding carboxylic acids is 2. The highest BCUT2D eigenvalue weighted by Gasteiger charge is 2.28. The van der Waals surface area contributed by atoms with Gasteiger partial charge in [-0.15, -0.1) is 0 Å². The molecule has 0 radical (unpaired) electrons. The van der Waals surface area contributed by atoms with Crippen LogP contribution in [0.25, 0.3) is 0 Å².